The van der Waals surface area contributed by atoms with Crippen LogP contribution in [0.25, 0.3) is 0 Å². The van der Waals surface area contributed by atoms with E-state index in [2.05, 4.69) is 0 Å². The van der Waals surface area contributed by atoms with Crippen LogP contribution in [0.2, 0.25) is 0 Å². The first kappa shape index (κ1) is 10.4. The fourth-order valence-corrected chi connectivity index (χ4v) is 2.06. The van der Waals surface area contributed by atoms with E-state index in [9.17, 15) is 4.79 Å². The summed E-state index contributed by atoms with van der Waals surface area (Å²) in [6.45, 7) is 5.69. The summed E-state index contributed by atoms with van der Waals surface area (Å²) in [7, 11) is 0. The summed E-state index contributed by atoms with van der Waals surface area (Å²) in [6, 6.07) is 0. The van der Waals surface area contributed by atoms with Gasteiger partial charge in [0.05, 0.1) is 5.92 Å². The highest BCUT2D eigenvalue weighted by molar-refractivity contribution is 8.04. The lowest BCUT2D eigenvalue weighted by Gasteiger charge is -2.15. The molecule has 1 aliphatic heterocycles. The van der Waals surface area contributed by atoms with Crippen molar-refractivity contribution in [2.24, 2.45) is 5.92 Å². The Morgan fingerprint density at radius 3 is 2.77 bits per heavy atom. The zero-order valence-corrected chi connectivity index (χ0v) is 8.85. The van der Waals surface area contributed by atoms with Crippen LogP contribution in [0.1, 0.15) is 27.2 Å². The van der Waals surface area contributed by atoms with E-state index in [-0.39, 0.29) is 22.7 Å². The largest absolute Gasteiger partial charge is 0.459 e. The van der Waals surface area contributed by atoms with Crippen molar-refractivity contribution in [3.8, 4) is 5.40 Å². The third kappa shape index (κ3) is 2.38. The quantitative estimate of drug-likeness (QED) is 0.503. The summed E-state index contributed by atoms with van der Waals surface area (Å²) >= 11 is 1.14. The van der Waals surface area contributed by atoms with Crippen LogP contribution < -0.4 is 0 Å². The van der Waals surface area contributed by atoms with Crippen LogP contribution in [-0.2, 0) is 9.53 Å². The van der Waals surface area contributed by atoms with E-state index in [4.69, 9.17) is 10.00 Å². The molecule has 0 saturated carbocycles. The highest BCUT2D eigenvalue weighted by Crippen LogP contribution is 2.36. The zero-order chi connectivity index (χ0) is 10.1. The van der Waals surface area contributed by atoms with Gasteiger partial charge in [-0.15, -0.1) is 0 Å². The number of carbonyl (C=O) groups is 1. The number of nitrogens with zero attached hydrogens (tertiary/aromatic N) is 1. The molecule has 0 aromatic carbocycles. The van der Waals surface area contributed by atoms with Crippen LogP contribution in [0.5, 0.6) is 0 Å². The molecule has 0 amide bonds. The van der Waals surface area contributed by atoms with Gasteiger partial charge in [-0.3, -0.25) is 4.79 Å². The molecule has 0 aromatic heterocycles. The lowest BCUT2D eigenvalue weighted by Crippen LogP contribution is -2.19. The maximum atomic E-state index is 11.4. The predicted octanol–water partition coefficient (Wildman–Crippen LogP) is 1.93. The monoisotopic (exact) mass is 199 g/mol. The van der Waals surface area contributed by atoms with Crippen LogP contribution in [0, 0.1) is 16.6 Å². The third-order valence-electron chi connectivity index (χ3n) is 2.20. The number of thioether (sulfide) groups is 1. The van der Waals surface area contributed by atoms with Crippen LogP contribution in [0.3, 0.4) is 0 Å². The topological polar surface area (TPSA) is 50.1 Å². The number of ether oxygens (including phenoxy) is 1. The van der Waals surface area contributed by atoms with Crippen molar-refractivity contribution >= 4 is 17.7 Å². The standard InChI is InChI=1S/C9H13NO2S/c1-6(13-5-10)7-4-9(2,3)12-8(7)11/h6-7H,4H2,1-3H3. The van der Waals surface area contributed by atoms with Gasteiger partial charge in [-0.25, -0.2) is 0 Å². The fourth-order valence-electron chi connectivity index (χ4n) is 1.53. The molecule has 1 saturated heterocycles. The van der Waals surface area contributed by atoms with Crippen LogP contribution in [-0.4, -0.2) is 16.8 Å². The Hall–Kier alpha value is -0.690. The van der Waals surface area contributed by atoms with Crippen molar-refractivity contribution in [3.63, 3.8) is 0 Å². The van der Waals surface area contributed by atoms with Gasteiger partial charge < -0.3 is 4.74 Å². The van der Waals surface area contributed by atoms with Crippen molar-refractivity contribution in [1.29, 1.82) is 5.26 Å². The molecule has 1 fully saturated rings. The van der Waals surface area contributed by atoms with Gasteiger partial charge in [0.15, 0.2) is 0 Å². The number of hydrogen-bond acceptors (Lipinski definition) is 4. The van der Waals surface area contributed by atoms with Crippen LogP contribution >= 0.6 is 11.8 Å². The minimum atomic E-state index is -0.355. The van der Waals surface area contributed by atoms with Crippen molar-refractivity contribution < 1.29 is 9.53 Å². The lowest BCUT2D eigenvalue weighted by molar-refractivity contribution is -0.148. The molecule has 0 radical (unpaired) electrons. The second-order valence-electron chi connectivity index (χ2n) is 3.91. The molecular formula is C9H13NO2S. The van der Waals surface area contributed by atoms with Gasteiger partial charge in [0.2, 0.25) is 0 Å². The Labute approximate surface area is 82.4 Å². The van der Waals surface area contributed by atoms with Gasteiger partial charge in [-0.1, -0.05) is 6.92 Å². The minimum Gasteiger partial charge on any atom is -0.459 e. The van der Waals surface area contributed by atoms with Gasteiger partial charge in [-0.2, -0.15) is 5.26 Å². The number of hydrogen-bond donors (Lipinski definition) is 0. The molecule has 1 rings (SSSR count). The van der Waals surface area contributed by atoms with Gasteiger partial charge in [0, 0.05) is 11.7 Å². The van der Waals surface area contributed by atoms with Crippen molar-refractivity contribution in [1.82, 2.24) is 0 Å². The second-order valence-corrected chi connectivity index (χ2v) is 5.07. The summed E-state index contributed by atoms with van der Waals surface area (Å²) in [6.07, 6.45) is 0.710. The van der Waals surface area contributed by atoms with E-state index in [1.165, 1.54) is 0 Å². The molecule has 0 aromatic rings. The predicted molar refractivity (Wildman–Crippen MR) is 50.9 cm³/mol. The van der Waals surface area contributed by atoms with E-state index in [1.807, 2.05) is 26.2 Å². The molecule has 0 N–H and O–H groups in total. The van der Waals surface area contributed by atoms with E-state index >= 15 is 0 Å². The van der Waals surface area contributed by atoms with Crippen molar-refractivity contribution in [3.05, 3.63) is 0 Å². The maximum absolute atomic E-state index is 11.4. The molecule has 1 aliphatic rings. The van der Waals surface area contributed by atoms with E-state index in [0.717, 1.165) is 11.8 Å². The number of cyclic esters (lactones) is 1. The van der Waals surface area contributed by atoms with Crippen LogP contribution in [0.4, 0.5) is 0 Å². The summed E-state index contributed by atoms with van der Waals surface area (Å²) in [5.41, 5.74) is -0.355. The molecule has 3 nitrogen and oxygen atoms in total. The molecule has 0 bridgehead atoms. The Bertz CT molecular complexity index is 257. The molecule has 2 unspecified atom stereocenters. The maximum Gasteiger partial charge on any atom is 0.310 e. The molecule has 1 heterocycles. The molecule has 13 heavy (non-hydrogen) atoms. The Balaban J connectivity index is 2.63. The van der Waals surface area contributed by atoms with Crippen molar-refractivity contribution in [2.45, 2.75) is 38.0 Å². The molecule has 4 heteroatoms. The van der Waals surface area contributed by atoms with Crippen molar-refractivity contribution in [2.75, 3.05) is 0 Å². The minimum absolute atomic E-state index is 0.0271. The van der Waals surface area contributed by atoms with E-state index in [0.29, 0.717) is 6.42 Å². The number of rotatable bonds is 2. The Morgan fingerprint density at radius 2 is 2.38 bits per heavy atom. The van der Waals surface area contributed by atoms with Crippen LogP contribution in [0.15, 0.2) is 0 Å². The first-order valence-electron chi connectivity index (χ1n) is 4.24. The summed E-state index contributed by atoms with van der Waals surface area (Å²) < 4.78 is 5.17. The first-order chi connectivity index (χ1) is 5.96. The van der Waals surface area contributed by atoms with Gasteiger partial charge in [0.1, 0.15) is 11.0 Å². The molecule has 72 valence electrons. The SMILES string of the molecule is CC(SC#N)C1CC(C)(C)OC1=O. The smallest absolute Gasteiger partial charge is 0.310 e. The Kier molecular flexibility index (Phi) is 2.87. The average Bonchev–Trinajstić information content (AvgIpc) is 2.25. The number of esters is 1. The normalized spacial score (nSPS) is 27.8. The number of nitriles is 1. The molecule has 0 spiro atoms. The molecule has 0 aliphatic carbocycles. The summed E-state index contributed by atoms with van der Waals surface area (Å²) in [5, 5.41) is 10.5. The second kappa shape index (κ2) is 3.59. The van der Waals surface area contributed by atoms with Gasteiger partial charge in [0.25, 0.3) is 0 Å². The van der Waals surface area contributed by atoms with Gasteiger partial charge >= 0.3 is 5.97 Å². The number of carbonyl (C=O) groups excluding carboxylic acids is 1. The molecular weight excluding hydrogens is 186 g/mol. The summed E-state index contributed by atoms with van der Waals surface area (Å²) in [4.78, 5) is 11.4. The average molecular weight is 199 g/mol. The molecule has 2 atom stereocenters. The fraction of sp³-hybridized carbons (Fsp3) is 0.778. The highest BCUT2D eigenvalue weighted by Gasteiger charge is 2.42. The summed E-state index contributed by atoms with van der Waals surface area (Å²) in [5.74, 6) is -0.292. The highest BCUT2D eigenvalue weighted by atomic mass is 32.2. The zero-order valence-electron chi connectivity index (χ0n) is 8.03. The third-order valence-corrected chi connectivity index (χ3v) is 3.00. The number of thiocyanates is 1. The van der Waals surface area contributed by atoms with Gasteiger partial charge in [-0.05, 0) is 25.6 Å². The van der Waals surface area contributed by atoms with E-state index < -0.39 is 0 Å². The lowest BCUT2D eigenvalue weighted by atomic mass is 9.95. The Morgan fingerprint density at radius 1 is 1.77 bits per heavy atom. The van der Waals surface area contributed by atoms with E-state index in [1.54, 1.807) is 0 Å². The first-order valence-corrected chi connectivity index (χ1v) is 5.12.